The first-order valence-electron chi connectivity index (χ1n) is 5.98. The van der Waals surface area contributed by atoms with Crippen LogP contribution in [-0.2, 0) is 6.54 Å². The van der Waals surface area contributed by atoms with Crippen LogP contribution in [0.25, 0.3) is 0 Å². The molecule has 0 saturated carbocycles. The highest BCUT2D eigenvalue weighted by molar-refractivity contribution is 9.10. The van der Waals surface area contributed by atoms with Gasteiger partial charge in [0.05, 0.1) is 0 Å². The van der Waals surface area contributed by atoms with Crippen LogP contribution in [0.1, 0.15) is 17.7 Å². The Morgan fingerprint density at radius 3 is 2.82 bits per heavy atom. The third-order valence-electron chi connectivity index (χ3n) is 3.27. The maximum absolute atomic E-state index is 6.01. The Morgan fingerprint density at radius 1 is 1.53 bits per heavy atom. The van der Waals surface area contributed by atoms with Crippen molar-refractivity contribution in [2.24, 2.45) is 5.92 Å². The SMILES string of the molecule is CN1CCC(CNCc2cc(Br)c(Cl)s2)CC1. The third kappa shape index (κ3) is 4.21. The first-order valence-corrected chi connectivity index (χ1v) is 7.97. The molecule has 1 saturated heterocycles. The van der Waals surface area contributed by atoms with Gasteiger partial charge in [0.1, 0.15) is 4.34 Å². The molecule has 96 valence electrons. The molecule has 0 radical (unpaired) electrons. The molecule has 1 aliphatic rings. The van der Waals surface area contributed by atoms with Crippen molar-refractivity contribution in [2.45, 2.75) is 19.4 Å². The molecule has 2 heterocycles. The summed E-state index contributed by atoms with van der Waals surface area (Å²) in [5.41, 5.74) is 0. The molecule has 0 spiro atoms. The summed E-state index contributed by atoms with van der Waals surface area (Å²) in [5.74, 6) is 0.838. The van der Waals surface area contributed by atoms with Gasteiger partial charge in [-0.1, -0.05) is 11.6 Å². The van der Waals surface area contributed by atoms with Crippen LogP contribution in [0, 0.1) is 5.92 Å². The van der Waals surface area contributed by atoms with Gasteiger partial charge in [0.15, 0.2) is 0 Å². The van der Waals surface area contributed by atoms with E-state index in [9.17, 15) is 0 Å². The van der Waals surface area contributed by atoms with Crippen LogP contribution in [0.4, 0.5) is 0 Å². The number of likely N-dealkylation sites (tertiary alicyclic amines) is 1. The average molecular weight is 338 g/mol. The maximum Gasteiger partial charge on any atom is 0.107 e. The van der Waals surface area contributed by atoms with Crippen molar-refractivity contribution in [1.82, 2.24) is 10.2 Å². The molecule has 1 aromatic heterocycles. The van der Waals surface area contributed by atoms with E-state index in [0.29, 0.717) is 0 Å². The van der Waals surface area contributed by atoms with Crippen LogP contribution in [0.15, 0.2) is 10.5 Å². The van der Waals surface area contributed by atoms with Crippen molar-refractivity contribution in [1.29, 1.82) is 0 Å². The minimum absolute atomic E-state index is 0.838. The minimum Gasteiger partial charge on any atom is -0.312 e. The Kier molecular flexibility index (Phi) is 5.30. The van der Waals surface area contributed by atoms with E-state index in [1.165, 1.54) is 30.8 Å². The quantitative estimate of drug-likeness (QED) is 0.903. The van der Waals surface area contributed by atoms with Gasteiger partial charge in [-0.3, -0.25) is 0 Å². The van der Waals surface area contributed by atoms with E-state index in [1.807, 2.05) is 0 Å². The van der Waals surface area contributed by atoms with Gasteiger partial charge in [0, 0.05) is 15.9 Å². The number of thiophene rings is 1. The highest BCUT2D eigenvalue weighted by Gasteiger charge is 2.16. The summed E-state index contributed by atoms with van der Waals surface area (Å²) in [6.45, 7) is 4.54. The third-order valence-corrected chi connectivity index (χ3v) is 5.74. The standard InChI is InChI=1S/C12H18BrClN2S/c1-16-4-2-9(3-5-16)7-15-8-10-6-11(13)12(14)17-10/h6,9,15H,2-5,7-8H2,1H3. The van der Waals surface area contributed by atoms with Crippen molar-refractivity contribution in [3.05, 3.63) is 19.8 Å². The number of hydrogen-bond donors (Lipinski definition) is 1. The second-order valence-corrected chi connectivity index (χ2v) is 7.31. The number of rotatable bonds is 4. The monoisotopic (exact) mass is 336 g/mol. The second kappa shape index (κ2) is 6.53. The van der Waals surface area contributed by atoms with E-state index < -0.39 is 0 Å². The van der Waals surface area contributed by atoms with Gasteiger partial charge >= 0.3 is 0 Å². The van der Waals surface area contributed by atoms with Crippen LogP contribution in [0.5, 0.6) is 0 Å². The average Bonchev–Trinajstić information content (AvgIpc) is 2.61. The predicted octanol–water partition coefficient (Wildman–Crippen LogP) is 3.60. The van der Waals surface area contributed by atoms with Crippen LogP contribution < -0.4 is 5.32 Å². The Morgan fingerprint density at radius 2 is 2.24 bits per heavy atom. The number of piperidine rings is 1. The highest BCUT2D eigenvalue weighted by Crippen LogP contribution is 2.31. The smallest absolute Gasteiger partial charge is 0.107 e. The molecule has 5 heteroatoms. The van der Waals surface area contributed by atoms with E-state index >= 15 is 0 Å². The summed E-state index contributed by atoms with van der Waals surface area (Å²) in [6, 6.07) is 2.11. The maximum atomic E-state index is 6.01. The lowest BCUT2D eigenvalue weighted by Crippen LogP contribution is -2.34. The highest BCUT2D eigenvalue weighted by atomic mass is 79.9. The van der Waals surface area contributed by atoms with Gasteiger partial charge in [-0.05, 0) is 67.4 Å². The van der Waals surface area contributed by atoms with Gasteiger partial charge in [0.2, 0.25) is 0 Å². The number of halogens is 2. The summed E-state index contributed by atoms with van der Waals surface area (Å²) in [4.78, 5) is 3.71. The molecule has 1 N–H and O–H groups in total. The predicted molar refractivity (Wildman–Crippen MR) is 79.0 cm³/mol. The fraction of sp³-hybridized carbons (Fsp3) is 0.667. The lowest BCUT2D eigenvalue weighted by Gasteiger charge is -2.28. The molecule has 0 aliphatic carbocycles. The van der Waals surface area contributed by atoms with Crippen LogP contribution in [0.3, 0.4) is 0 Å². The van der Waals surface area contributed by atoms with Crippen molar-refractivity contribution in [2.75, 3.05) is 26.7 Å². The summed E-state index contributed by atoms with van der Waals surface area (Å²) >= 11 is 11.1. The summed E-state index contributed by atoms with van der Waals surface area (Å²) in [5, 5.41) is 3.54. The first-order chi connectivity index (χ1) is 8.15. The Bertz CT molecular complexity index is 342. The van der Waals surface area contributed by atoms with Gasteiger partial charge in [-0.2, -0.15) is 0 Å². The zero-order chi connectivity index (χ0) is 12.3. The zero-order valence-corrected chi connectivity index (χ0v) is 13.2. The molecule has 2 rings (SSSR count). The molecular weight excluding hydrogens is 320 g/mol. The molecule has 0 aromatic carbocycles. The van der Waals surface area contributed by atoms with E-state index in [4.69, 9.17) is 11.6 Å². The van der Waals surface area contributed by atoms with E-state index in [-0.39, 0.29) is 0 Å². The summed E-state index contributed by atoms with van der Waals surface area (Å²) in [7, 11) is 2.20. The van der Waals surface area contributed by atoms with Crippen LogP contribution in [0.2, 0.25) is 4.34 Å². The van der Waals surface area contributed by atoms with Gasteiger partial charge in [-0.25, -0.2) is 0 Å². The molecule has 1 fully saturated rings. The van der Waals surface area contributed by atoms with E-state index in [1.54, 1.807) is 11.3 Å². The van der Waals surface area contributed by atoms with Crippen molar-refractivity contribution < 1.29 is 0 Å². The van der Waals surface area contributed by atoms with Crippen molar-refractivity contribution in [3.8, 4) is 0 Å². The molecule has 1 aromatic rings. The lowest BCUT2D eigenvalue weighted by atomic mass is 9.97. The Labute approximate surface area is 120 Å². The molecule has 2 nitrogen and oxygen atoms in total. The largest absolute Gasteiger partial charge is 0.312 e. The molecular formula is C12H18BrClN2S. The molecule has 0 bridgehead atoms. The van der Waals surface area contributed by atoms with Crippen molar-refractivity contribution >= 4 is 38.9 Å². The Balaban J connectivity index is 1.69. The summed E-state index contributed by atoms with van der Waals surface area (Å²) < 4.78 is 1.86. The van der Waals surface area contributed by atoms with Gasteiger partial charge < -0.3 is 10.2 Å². The van der Waals surface area contributed by atoms with E-state index in [0.717, 1.165) is 27.8 Å². The number of nitrogens with zero attached hydrogens (tertiary/aromatic N) is 1. The van der Waals surface area contributed by atoms with Crippen LogP contribution >= 0.6 is 38.9 Å². The van der Waals surface area contributed by atoms with E-state index in [2.05, 4.69) is 39.3 Å². The molecule has 17 heavy (non-hydrogen) atoms. The number of hydrogen-bond acceptors (Lipinski definition) is 3. The molecule has 0 atom stereocenters. The molecule has 0 amide bonds. The molecule has 1 aliphatic heterocycles. The van der Waals surface area contributed by atoms with Gasteiger partial charge in [0.25, 0.3) is 0 Å². The van der Waals surface area contributed by atoms with Crippen molar-refractivity contribution in [3.63, 3.8) is 0 Å². The second-order valence-electron chi connectivity index (χ2n) is 4.71. The van der Waals surface area contributed by atoms with Gasteiger partial charge in [-0.15, -0.1) is 11.3 Å². The first kappa shape index (κ1) is 13.8. The number of nitrogens with one attached hydrogen (secondary N) is 1. The fourth-order valence-corrected chi connectivity index (χ4v) is 3.90. The zero-order valence-electron chi connectivity index (χ0n) is 10.0. The van der Waals surface area contributed by atoms with Crippen LogP contribution in [-0.4, -0.2) is 31.6 Å². The topological polar surface area (TPSA) is 15.3 Å². The Hall–Kier alpha value is 0.390. The summed E-state index contributed by atoms with van der Waals surface area (Å²) in [6.07, 6.45) is 2.64. The normalized spacial score (nSPS) is 18.8. The lowest BCUT2D eigenvalue weighted by molar-refractivity contribution is 0.216. The minimum atomic E-state index is 0.838. The molecule has 0 unspecified atom stereocenters. The fourth-order valence-electron chi connectivity index (χ4n) is 2.14.